The Morgan fingerprint density at radius 1 is 1.07 bits per heavy atom. The molecule has 0 spiro atoms. The van der Waals surface area contributed by atoms with Crippen molar-refractivity contribution in [1.29, 1.82) is 0 Å². The maximum Gasteiger partial charge on any atom is 0.373 e. The summed E-state index contributed by atoms with van der Waals surface area (Å²) in [6.45, 7) is 1.92. The van der Waals surface area contributed by atoms with Crippen LogP contribution in [-0.4, -0.2) is 37.2 Å². The van der Waals surface area contributed by atoms with E-state index in [0.29, 0.717) is 16.5 Å². The molecule has 2 heterocycles. The summed E-state index contributed by atoms with van der Waals surface area (Å²) in [5, 5.41) is 12.8. The molecule has 0 aliphatic heterocycles. The number of esters is 1. The second-order valence-electron chi connectivity index (χ2n) is 6.03. The number of para-hydroxylation sites is 1. The first-order valence-corrected chi connectivity index (χ1v) is 9.95. The summed E-state index contributed by atoms with van der Waals surface area (Å²) in [5.74, 6) is 0.00136. The van der Waals surface area contributed by atoms with Crippen LogP contribution in [0.4, 0.5) is 0 Å². The van der Waals surface area contributed by atoms with Gasteiger partial charge in [0, 0.05) is 5.75 Å². The van der Waals surface area contributed by atoms with Gasteiger partial charge in [0.2, 0.25) is 0 Å². The third kappa shape index (κ3) is 3.77. The summed E-state index contributed by atoms with van der Waals surface area (Å²) >= 11 is 1.34. The van der Waals surface area contributed by atoms with Crippen LogP contribution in [0.5, 0.6) is 0 Å². The van der Waals surface area contributed by atoms with Gasteiger partial charge in [-0.25, -0.2) is 9.59 Å². The minimum absolute atomic E-state index is 0.0798. The fraction of sp³-hybridized carbons (Fsp3) is 0.150. The Labute approximate surface area is 170 Å². The number of thioether (sulfide) groups is 1. The van der Waals surface area contributed by atoms with E-state index in [2.05, 4.69) is 15.4 Å². The summed E-state index contributed by atoms with van der Waals surface area (Å²) in [7, 11) is 0. The molecule has 8 nitrogen and oxygen atoms in total. The molecule has 146 valence electrons. The number of hydrogen-bond donors (Lipinski definition) is 0. The van der Waals surface area contributed by atoms with E-state index in [9.17, 15) is 9.59 Å². The van der Waals surface area contributed by atoms with Gasteiger partial charge in [-0.3, -0.25) is 0 Å². The lowest BCUT2D eigenvalue weighted by molar-refractivity contribution is 0.0524. The number of hydrogen-bond acceptors (Lipinski definition) is 7. The zero-order valence-electron chi connectivity index (χ0n) is 15.6. The van der Waals surface area contributed by atoms with Crippen molar-refractivity contribution in [2.45, 2.75) is 17.7 Å². The Bertz CT molecular complexity index is 1210. The van der Waals surface area contributed by atoms with E-state index in [1.165, 1.54) is 11.8 Å². The molecule has 4 rings (SSSR count). The molecule has 0 saturated heterocycles. The molecule has 0 amide bonds. The Morgan fingerprint density at radius 2 is 1.76 bits per heavy atom. The quantitative estimate of drug-likeness (QED) is 0.358. The number of fused-ring (bicyclic) bond motifs is 1. The number of nitrogens with zero attached hydrogens (tertiary/aromatic N) is 5. The average molecular weight is 407 g/mol. The van der Waals surface area contributed by atoms with E-state index in [1.54, 1.807) is 31.2 Å². The average Bonchev–Trinajstić information content (AvgIpc) is 3.13. The molecule has 0 N–H and O–H groups in total. The molecule has 0 unspecified atom stereocenters. The van der Waals surface area contributed by atoms with Crippen molar-refractivity contribution in [3.05, 3.63) is 82.3 Å². The maximum atomic E-state index is 12.9. The van der Waals surface area contributed by atoms with Gasteiger partial charge in [-0.1, -0.05) is 65.5 Å². The van der Waals surface area contributed by atoms with E-state index < -0.39 is 11.7 Å². The molecule has 0 fully saturated rings. The SMILES string of the molecule is CCOC(=O)c1c(SCc2ccccc2)nn2c(=O)n(-c3ccccc3)nnc12. The summed E-state index contributed by atoms with van der Waals surface area (Å²) in [6.07, 6.45) is 0. The number of benzene rings is 2. The van der Waals surface area contributed by atoms with E-state index in [1.807, 2.05) is 36.4 Å². The highest BCUT2D eigenvalue weighted by atomic mass is 32.2. The van der Waals surface area contributed by atoms with Gasteiger partial charge in [0.1, 0.15) is 10.6 Å². The topological polar surface area (TPSA) is 91.4 Å². The predicted octanol–water partition coefficient (Wildman–Crippen LogP) is 2.74. The third-order valence-electron chi connectivity index (χ3n) is 4.12. The van der Waals surface area contributed by atoms with Gasteiger partial charge in [-0.15, -0.1) is 5.10 Å². The zero-order chi connectivity index (χ0) is 20.2. The molecular weight excluding hydrogens is 390 g/mol. The Morgan fingerprint density at radius 3 is 2.45 bits per heavy atom. The molecule has 2 aromatic carbocycles. The van der Waals surface area contributed by atoms with Gasteiger partial charge < -0.3 is 4.74 Å². The lowest BCUT2D eigenvalue weighted by Crippen LogP contribution is -2.29. The van der Waals surface area contributed by atoms with Gasteiger partial charge in [-0.2, -0.15) is 14.3 Å². The second-order valence-corrected chi connectivity index (χ2v) is 6.99. The van der Waals surface area contributed by atoms with Gasteiger partial charge in [0.05, 0.1) is 12.3 Å². The van der Waals surface area contributed by atoms with Crippen molar-refractivity contribution < 1.29 is 9.53 Å². The fourth-order valence-corrected chi connectivity index (χ4v) is 3.72. The maximum absolute atomic E-state index is 12.9. The predicted molar refractivity (Wildman–Crippen MR) is 108 cm³/mol. The highest BCUT2D eigenvalue weighted by Crippen LogP contribution is 2.27. The van der Waals surface area contributed by atoms with Gasteiger partial charge in [0.15, 0.2) is 5.65 Å². The van der Waals surface area contributed by atoms with E-state index in [0.717, 1.165) is 14.8 Å². The first kappa shape index (κ1) is 18.9. The van der Waals surface area contributed by atoms with Crippen LogP contribution < -0.4 is 5.69 Å². The Kier molecular flexibility index (Phi) is 5.39. The zero-order valence-corrected chi connectivity index (χ0v) is 16.4. The molecule has 9 heteroatoms. The largest absolute Gasteiger partial charge is 0.462 e. The minimum atomic E-state index is -0.579. The monoisotopic (exact) mass is 407 g/mol. The van der Waals surface area contributed by atoms with E-state index >= 15 is 0 Å². The molecule has 0 radical (unpaired) electrons. The summed E-state index contributed by atoms with van der Waals surface area (Å²) in [5.41, 5.74) is 1.34. The molecular formula is C20H17N5O3S. The molecule has 4 aromatic rings. The molecule has 0 bridgehead atoms. The lowest BCUT2D eigenvalue weighted by atomic mass is 10.2. The molecule has 0 aliphatic carbocycles. The van der Waals surface area contributed by atoms with Crippen LogP contribution in [0.2, 0.25) is 0 Å². The number of aromatic nitrogens is 5. The van der Waals surface area contributed by atoms with Crippen LogP contribution in [0.3, 0.4) is 0 Å². The smallest absolute Gasteiger partial charge is 0.373 e. The van der Waals surface area contributed by atoms with Crippen molar-refractivity contribution in [3.63, 3.8) is 0 Å². The number of rotatable bonds is 6. The fourth-order valence-electron chi connectivity index (χ4n) is 2.77. The van der Waals surface area contributed by atoms with E-state index in [4.69, 9.17) is 4.74 Å². The van der Waals surface area contributed by atoms with Crippen LogP contribution in [0, 0.1) is 0 Å². The van der Waals surface area contributed by atoms with Crippen molar-refractivity contribution in [1.82, 2.24) is 24.6 Å². The van der Waals surface area contributed by atoms with Crippen molar-refractivity contribution in [2.24, 2.45) is 0 Å². The molecule has 0 saturated carbocycles. The molecule has 29 heavy (non-hydrogen) atoms. The first-order valence-electron chi connectivity index (χ1n) is 8.97. The summed E-state index contributed by atoms with van der Waals surface area (Å²) in [4.78, 5) is 25.5. The van der Waals surface area contributed by atoms with Crippen LogP contribution in [-0.2, 0) is 10.5 Å². The standard InChI is InChI=1S/C20H17N5O3S/c1-2-28-19(26)16-17-21-23-24(15-11-7-4-8-12-15)20(27)25(17)22-18(16)29-13-14-9-5-3-6-10-14/h3-12H,2,13H2,1H3. The van der Waals surface area contributed by atoms with Crippen molar-refractivity contribution in [2.75, 3.05) is 6.61 Å². The molecule has 0 aliphatic rings. The van der Waals surface area contributed by atoms with Gasteiger partial charge in [-0.05, 0) is 24.6 Å². The highest BCUT2D eigenvalue weighted by molar-refractivity contribution is 7.98. The number of carbonyl (C=O) groups excluding carboxylic acids is 1. The van der Waals surface area contributed by atoms with Gasteiger partial charge >= 0.3 is 11.7 Å². The third-order valence-corrected chi connectivity index (χ3v) is 5.16. The Balaban J connectivity index is 1.81. The van der Waals surface area contributed by atoms with Gasteiger partial charge in [0.25, 0.3) is 0 Å². The van der Waals surface area contributed by atoms with Crippen LogP contribution >= 0.6 is 11.8 Å². The van der Waals surface area contributed by atoms with Crippen LogP contribution in [0.25, 0.3) is 11.3 Å². The van der Waals surface area contributed by atoms with Crippen LogP contribution in [0.1, 0.15) is 22.8 Å². The Hall–Kier alpha value is -3.46. The van der Waals surface area contributed by atoms with E-state index in [-0.39, 0.29) is 17.8 Å². The number of ether oxygens (including phenoxy) is 1. The highest BCUT2D eigenvalue weighted by Gasteiger charge is 2.25. The number of carbonyl (C=O) groups is 1. The second kappa shape index (κ2) is 8.27. The molecule has 0 atom stereocenters. The summed E-state index contributed by atoms with van der Waals surface area (Å²) in [6, 6.07) is 18.7. The van der Waals surface area contributed by atoms with Crippen molar-refractivity contribution >= 4 is 23.4 Å². The summed E-state index contributed by atoms with van der Waals surface area (Å²) < 4.78 is 7.40. The first-order chi connectivity index (χ1) is 14.2. The van der Waals surface area contributed by atoms with Crippen LogP contribution in [0.15, 0.2) is 70.5 Å². The lowest BCUT2D eigenvalue weighted by Gasteiger charge is -2.03. The van der Waals surface area contributed by atoms with Crippen molar-refractivity contribution in [3.8, 4) is 5.69 Å². The molecule has 2 aromatic heterocycles. The normalized spacial score (nSPS) is 10.9. The minimum Gasteiger partial charge on any atom is -0.462 e.